The Morgan fingerprint density at radius 2 is 1.74 bits per heavy atom. The fourth-order valence-corrected chi connectivity index (χ4v) is 3.13. The standard InChI is InChI=1S/C17H18N4OS.CHF3O3S/c1-11-8-9-12-14(10-11)23-17(19-12)20-16(22)13-6-5-7-15(18-13)21(2,3)4;2-1(3,4)8(5,6)7/h5-10H,1-4H3;(H,5,6,7). The van der Waals surface area contributed by atoms with Crippen LogP contribution < -0.4 is 9.80 Å². The lowest BCUT2D eigenvalue weighted by Crippen LogP contribution is -2.36. The van der Waals surface area contributed by atoms with Gasteiger partial charge in [-0.15, -0.1) is 0 Å². The average molecular weight is 477 g/mol. The van der Waals surface area contributed by atoms with E-state index in [-0.39, 0.29) is 5.91 Å². The van der Waals surface area contributed by atoms with Crippen molar-refractivity contribution < 1.29 is 30.9 Å². The van der Waals surface area contributed by atoms with Crippen molar-refractivity contribution in [1.29, 1.82) is 0 Å². The summed E-state index contributed by atoms with van der Waals surface area (Å²) in [6.45, 7) is 2.04. The molecule has 13 heteroatoms. The van der Waals surface area contributed by atoms with Gasteiger partial charge in [-0.05, 0) is 30.7 Å². The Labute approximate surface area is 180 Å². The van der Waals surface area contributed by atoms with Crippen molar-refractivity contribution >= 4 is 48.5 Å². The van der Waals surface area contributed by atoms with Gasteiger partial charge in [0.2, 0.25) is 5.82 Å². The second kappa shape index (κ2) is 8.86. The molecule has 0 saturated heterocycles. The van der Waals surface area contributed by atoms with Crippen LogP contribution in [-0.2, 0) is 10.1 Å². The molecule has 0 aliphatic heterocycles. The fourth-order valence-electron chi connectivity index (χ4n) is 2.17. The lowest BCUT2D eigenvalue weighted by molar-refractivity contribution is -0.0517. The van der Waals surface area contributed by atoms with Crippen molar-refractivity contribution in [2.75, 3.05) is 26.5 Å². The van der Waals surface area contributed by atoms with Gasteiger partial charge in [0.1, 0.15) is 5.69 Å². The smallest absolute Gasteiger partial charge is 0.485 e. The number of pyridine rings is 1. The van der Waals surface area contributed by atoms with Crippen molar-refractivity contribution in [2.24, 2.45) is 0 Å². The number of carbonyl (C=O) groups is 1. The predicted molar refractivity (Wildman–Crippen MR) is 112 cm³/mol. The summed E-state index contributed by atoms with van der Waals surface area (Å²) in [5.74, 6) is 0.591. The van der Waals surface area contributed by atoms with Crippen LogP contribution >= 0.6 is 11.3 Å². The maximum absolute atomic E-state index is 12.4. The van der Waals surface area contributed by atoms with Gasteiger partial charge in [-0.25, -0.2) is 13.4 Å². The quantitative estimate of drug-likeness (QED) is 0.352. The van der Waals surface area contributed by atoms with E-state index >= 15 is 0 Å². The van der Waals surface area contributed by atoms with Gasteiger partial charge in [0.05, 0.1) is 31.4 Å². The number of benzene rings is 1. The number of halogens is 3. The third-order valence-electron chi connectivity index (χ3n) is 3.70. The number of anilines is 1. The summed E-state index contributed by atoms with van der Waals surface area (Å²) in [4.78, 5) is 21.3. The molecule has 0 unspecified atom stereocenters. The molecule has 2 heterocycles. The van der Waals surface area contributed by atoms with Crippen molar-refractivity contribution in [1.82, 2.24) is 14.5 Å². The molecule has 0 atom stereocenters. The van der Waals surface area contributed by atoms with E-state index < -0.39 is 15.6 Å². The van der Waals surface area contributed by atoms with Gasteiger partial charge in [0, 0.05) is 6.07 Å². The van der Waals surface area contributed by atoms with Gasteiger partial charge >= 0.3 is 5.51 Å². The van der Waals surface area contributed by atoms with Crippen molar-refractivity contribution in [3.05, 3.63) is 47.7 Å². The number of nitrogens with one attached hydrogen (secondary N) is 1. The number of alkyl halides is 3. The van der Waals surface area contributed by atoms with Gasteiger partial charge in [-0.1, -0.05) is 23.5 Å². The van der Waals surface area contributed by atoms with E-state index in [0.29, 0.717) is 15.3 Å². The van der Waals surface area contributed by atoms with E-state index in [1.54, 1.807) is 6.07 Å². The predicted octanol–water partition coefficient (Wildman–Crippen LogP) is 3.50. The summed E-state index contributed by atoms with van der Waals surface area (Å²) >= 11 is 1.47. The first kappa shape index (κ1) is 24.7. The normalized spacial score (nSPS) is 12.3. The topological polar surface area (TPSA) is 112 Å². The SMILES string of the molecule is Cc1ccc2nc(NC(=O)c3cccc([N+](C)(C)C)n3)sc2c1.O=S(=O)([O-])C(F)(F)F. The molecule has 0 saturated carbocycles. The van der Waals surface area contributed by atoms with Gasteiger partial charge in [0.15, 0.2) is 15.2 Å². The van der Waals surface area contributed by atoms with Crippen LogP contribution in [0.3, 0.4) is 0 Å². The molecule has 1 amide bonds. The summed E-state index contributed by atoms with van der Waals surface area (Å²) in [5.41, 5.74) is -3.18. The molecule has 0 aliphatic carbocycles. The highest BCUT2D eigenvalue weighted by Gasteiger charge is 2.36. The zero-order chi connectivity index (χ0) is 23.6. The molecule has 1 aromatic carbocycles. The van der Waals surface area contributed by atoms with Gasteiger partial charge in [-0.3, -0.25) is 14.6 Å². The van der Waals surface area contributed by atoms with Crippen LogP contribution in [0.5, 0.6) is 0 Å². The molecular weight excluding hydrogens is 457 g/mol. The highest BCUT2D eigenvalue weighted by molar-refractivity contribution is 7.86. The molecule has 8 nitrogen and oxygen atoms in total. The molecule has 0 aliphatic rings. The molecule has 3 aromatic rings. The number of amides is 1. The van der Waals surface area contributed by atoms with Crippen LogP contribution in [0.2, 0.25) is 0 Å². The average Bonchev–Trinajstić information content (AvgIpc) is 3.01. The second-order valence-electron chi connectivity index (χ2n) is 7.24. The third kappa shape index (κ3) is 6.69. The molecule has 0 radical (unpaired) electrons. The fraction of sp³-hybridized carbons (Fsp3) is 0.278. The minimum Gasteiger partial charge on any atom is -0.741 e. The minimum absolute atomic E-state index is 0.240. The molecular formula is C18H19F3N4O4S2. The summed E-state index contributed by atoms with van der Waals surface area (Å²) < 4.78 is 60.5. The molecule has 0 bridgehead atoms. The monoisotopic (exact) mass is 476 g/mol. The number of nitrogens with zero attached hydrogens (tertiary/aromatic N) is 3. The molecule has 168 valence electrons. The molecule has 0 fully saturated rings. The minimum atomic E-state index is -6.09. The Hall–Kier alpha value is -2.61. The molecule has 0 spiro atoms. The van der Waals surface area contributed by atoms with Crippen LogP contribution in [0.25, 0.3) is 10.2 Å². The summed E-state index contributed by atoms with van der Waals surface area (Å²) in [6, 6.07) is 11.5. The van der Waals surface area contributed by atoms with E-state index in [4.69, 9.17) is 13.0 Å². The second-order valence-corrected chi connectivity index (χ2v) is 9.64. The zero-order valence-electron chi connectivity index (χ0n) is 16.9. The molecule has 2 aromatic heterocycles. The molecule has 3 rings (SSSR count). The van der Waals surface area contributed by atoms with Crippen molar-refractivity contribution in [2.45, 2.75) is 12.4 Å². The Morgan fingerprint density at radius 1 is 1.13 bits per heavy atom. The number of rotatable bonds is 3. The van der Waals surface area contributed by atoms with E-state index in [9.17, 15) is 18.0 Å². The van der Waals surface area contributed by atoms with Crippen molar-refractivity contribution in [3.8, 4) is 0 Å². The highest BCUT2D eigenvalue weighted by atomic mass is 32.2. The van der Waals surface area contributed by atoms with E-state index in [1.807, 2.05) is 52.3 Å². The van der Waals surface area contributed by atoms with E-state index in [1.165, 1.54) is 16.9 Å². The van der Waals surface area contributed by atoms with Crippen LogP contribution in [0.4, 0.5) is 24.1 Å². The lowest BCUT2D eigenvalue weighted by Gasteiger charge is -2.21. The first-order chi connectivity index (χ1) is 14.1. The Balaban J connectivity index is 0.000000366. The Kier molecular flexibility index (Phi) is 7.05. The first-order valence-electron chi connectivity index (χ1n) is 8.58. The lowest BCUT2D eigenvalue weighted by atomic mass is 10.2. The van der Waals surface area contributed by atoms with Gasteiger partial charge in [0.25, 0.3) is 5.91 Å². The number of aryl methyl sites for hydroxylation is 1. The van der Waals surface area contributed by atoms with Gasteiger partial charge in [-0.2, -0.15) is 18.2 Å². The van der Waals surface area contributed by atoms with Crippen LogP contribution in [0.1, 0.15) is 16.1 Å². The summed E-state index contributed by atoms with van der Waals surface area (Å²) in [5, 5.41) is 3.44. The number of hydrogen-bond donors (Lipinski definition) is 1. The van der Waals surface area contributed by atoms with Crippen LogP contribution in [-0.4, -0.2) is 55.5 Å². The number of fused-ring (bicyclic) bond motifs is 1. The number of carbonyl (C=O) groups excluding carboxylic acids is 1. The summed E-state index contributed by atoms with van der Waals surface area (Å²) in [6.07, 6.45) is 0. The van der Waals surface area contributed by atoms with Crippen LogP contribution in [0.15, 0.2) is 36.4 Å². The number of hydrogen-bond acceptors (Lipinski definition) is 7. The van der Waals surface area contributed by atoms with Gasteiger partial charge < -0.3 is 4.55 Å². The summed E-state index contributed by atoms with van der Waals surface area (Å²) in [7, 11) is -0.0489. The van der Waals surface area contributed by atoms with E-state index in [2.05, 4.69) is 21.4 Å². The number of quaternary nitrogens is 1. The number of thiazole rings is 1. The molecule has 31 heavy (non-hydrogen) atoms. The Bertz CT molecular complexity index is 1200. The third-order valence-corrected chi connectivity index (χ3v) is 5.20. The Morgan fingerprint density at radius 3 is 2.29 bits per heavy atom. The highest BCUT2D eigenvalue weighted by Crippen LogP contribution is 2.27. The van der Waals surface area contributed by atoms with Crippen LogP contribution in [0, 0.1) is 6.92 Å². The molecule has 1 N–H and O–H groups in total. The maximum atomic E-state index is 12.4. The zero-order valence-corrected chi connectivity index (χ0v) is 18.5. The van der Waals surface area contributed by atoms with Crippen molar-refractivity contribution in [3.63, 3.8) is 0 Å². The van der Waals surface area contributed by atoms with E-state index in [0.717, 1.165) is 16.0 Å². The number of aromatic nitrogens is 2. The largest absolute Gasteiger partial charge is 0.741 e. The maximum Gasteiger partial charge on any atom is 0.485 e. The first-order valence-corrected chi connectivity index (χ1v) is 10.8.